The van der Waals surface area contributed by atoms with E-state index < -0.39 is 11.6 Å². The number of allylic oxidation sites excluding steroid dienone is 1. The molecule has 23 heavy (non-hydrogen) atoms. The molecule has 1 unspecified atom stereocenters. The smallest absolute Gasteiger partial charge is 0.347 e. The van der Waals surface area contributed by atoms with E-state index in [4.69, 9.17) is 4.74 Å². The van der Waals surface area contributed by atoms with Gasteiger partial charge in [0.25, 0.3) is 0 Å². The Kier molecular flexibility index (Phi) is 5.97. The Morgan fingerprint density at radius 1 is 1.30 bits per heavy atom. The molecule has 1 saturated heterocycles. The third-order valence-electron chi connectivity index (χ3n) is 4.19. The Morgan fingerprint density at radius 3 is 2.48 bits per heavy atom. The predicted octanol–water partition coefficient (Wildman–Crippen LogP) is 2.72. The lowest BCUT2D eigenvalue weighted by Crippen LogP contribution is -2.41. The molecule has 0 saturated carbocycles. The summed E-state index contributed by atoms with van der Waals surface area (Å²) in [6.45, 7) is 5.82. The van der Waals surface area contributed by atoms with E-state index in [1.807, 2.05) is 38.1 Å². The fourth-order valence-electron chi connectivity index (χ4n) is 2.65. The molecule has 1 aromatic rings. The van der Waals surface area contributed by atoms with E-state index in [1.165, 1.54) is 0 Å². The second kappa shape index (κ2) is 7.75. The van der Waals surface area contributed by atoms with Gasteiger partial charge in [0.2, 0.25) is 5.60 Å². The van der Waals surface area contributed by atoms with Crippen LogP contribution in [0.1, 0.15) is 32.3 Å². The summed E-state index contributed by atoms with van der Waals surface area (Å²) in [5.41, 5.74) is -1.19. The van der Waals surface area contributed by atoms with Crippen LogP contribution in [0.25, 0.3) is 0 Å². The van der Waals surface area contributed by atoms with Crippen molar-refractivity contribution >= 4 is 5.97 Å². The molecule has 1 N–H and O–H groups in total. The number of aliphatic hydroxyl groups is 1. The summed E-state index contributed by atoms with van der Waals surface area (Å²) in [7, 11) is 2.06. The fourth-order valence-corrected chi connectivity index (χ4v) is 2.65. The fraction of sp³-hybridized carbons (Fsp3) is 0.526. The summed E-state index contributed by atoms with van der Waals surface area (Å²) in [6.07, 6.45) is 4.89. The number of rotatable bonds is 5. The second-order valence-electron chi connectivity index (χ2n) is 6.64. The number of ether oxygens (including phenoxy) is 1. The maximum absolute atomic E-state index is 12.7. The van der Waals surface area contributed by atoms with Crippen LogP contribution in [0.2, 0.25) is 0 Å². The van der Waals surface area contributed by atoms with Gasteiger partial charge in [0, 0.05) is 13.1 Å². The lowest BCUT2D eigenvalue weighted by atomic mass is 9.92. The van der Waals surface area contributed by atoms with Crippen LogP contribution in [-0.2, 0) is 15.1 Å². The lowest BCUT2D eigenvalue weighted by molar-refractivity contribution is -0.169. The number of piperidine rings is 1. The topological polar surface area (TPSA) is 49.8 Å². The van der Waals surface area contributed by atoms with Crippen molar-refractivity contribution in [3.63, 3.8) is 0 Å². The molecular weight excluding hydrogens is 290 g/mol. The van der Waals surface area contributed by atoms with Crippen LogP contribution in [0.5, 0.6) is 0 Å². The molecular formula is C19H27NO3. The molecule has 1 aliphatic heterocycles. The number of nitrogens with zero attached hydrogens (tertiary/aromatic N) is 1. The molecule has 1 aliphatic rings. The van der Waals surface area contributed by atoms with E-state index >= 15 is 0 Å². The van der Waals surface area contributed by atoms with Crippen molar-refractivity contribution in [1.29, 1.82) is 0 Å². The van der Waals surface area contributed by atoms with E-state index in [0.717, 1.165) is 25.9 Å². The van der Waals surface area contributed by atoms with Crippen molar-refractivity contribution < 1.29 is 14.6 Å². The summed E-state index contributed by atoms with van der Waals surface area (Å²) in [5, 5.41) is 11.0. The summed E-state index contributed by atoms with van der Waals surface area (Å²) >= 11 is 0. The molecule has 0 radical (unpaired) electrons. The molecule has 2 rings (SSSR count). The first-order valence-corrected chi connectivity index (χ1v) is 8.28. The average molecular weight is 317 g/mol. The minimum atomic E-state index is -1.73. The van der Waals surface area contributed by atoms with Gasteiger partial charge in [-0.3, -0.25) is 0 Å². The Balaban J connectivity index is 2.18. The van der Waals surface area contributed by atoms with Crippen molar-refractivity contribution in [1.82, 2.24) is 4.90 Å². The number of esters is 1. The van der Waals surface area contributed by atoms with E-state index in [0.29, 0.717) is 5.56 Å². The predicted molar refractivity (Wildman–Crippen MR) is 90.9 cm³/mol. The number of carbonyl (C=O) groups excluding carboxylic acids is 1. The van der Waals surface area contributed by atoms with Gasteiger partial charge in [-0.15, -0.1) is 0 Å². The Hall–Kier alpha value is -1.65. The lowest BCUT2D eigenvalue weighted by Gasteiger charge is -2.31. The highest BCUT2D eigenvalue weighted by Gasteiger charge is 2.38. The third kappa shape index (κ3) is 4.66. The monoisotopic (exact) mass is 317 g/mol. The maximum Gasteiger partial charge on any atom is 0.347 e. The largest absolute Gasteiger partial charge is 0.460 e. The molecule has 1 fully saturated rings. The molecule has 1 heterocycles. The first-order valence-electron chi connectivity index (χ1n) is 8.28. The molecule has 4 heteroatoms. The molecule has 1 aromatic carbocycles. The Bertz CT molecular complexity index is 533. The molecule has 126 valence electrons. The van der Waals surface area contributed by atoms with Crippen molar-refractivity contribution in [3.05, 3.63) is 48.0 Å². The van der Waals surface area contributed by atoms with E-state index in [9.17, 15) is 9.90 Å². The van der Waals surface area contributed by atoms with Crippen LogP contribution >= 0.6 is 0 Å². The minimum Gasteiger partial charge on any atom is -0.460 e. The number of hydrogen-bond acceptors (Lipinski definition) is 4. The molecule has 0 aliphatic carbocycles. The van der Waals surface area contributed by atoms with E-state index in [2.05, 4.69) is 11.9 Å². The van der Waals surface area contributed by atoms with Gasteiger partial charge in [-0.25, -0.2) is 4.79 Å². The van der Waals surface area contributed by atoms with Crippen LogP contribution in [0.4, 0.5) is 0 Å². The number of carbonyl (C=O) groups is 1. The minimum absolute atomic E-state index is 0.124. The van der Waals surface area contributed by atoms with Crippen LogP contribution in [0.15, 0.2) is 42.5 Å². The van der Waals surface area contributed by atoms with Crippen molar-refractivity contribution in [3.8, 4) is 0 Å². The molecule has 4 nitrogen and oxygen atoms in total. The standard InChI is InChI=1S/C19H27NO3/c1-15(2)9-12-19(22,16-7-5-4-6-8-16)18(21)23-17-10-13-20(3)14-11-17/h4-9,12,15,17,22H,10-11,13-14H2,1-3H3/b12-9+. The van der Waals surface area contributed by atoms with Gasteiger partial charge in [-0.2, -0.15) is 0 Å². The van der Waals surface area contributed by atoms with E-state index in [1.54, 1.807) is 18.2 Å². The van der Waals surface area contributed by atoms with Crippen LogP contribution in [0, 0.1) is 5.92 Å². The third-order valence-corrected chi connectivity index (χ3v) is 4.19. The molecule has 1 atom stereocenters. The zero-order valence-corrected chi connectivity index (χ0v) is 14.2. The maximum atomic E-state index is 12.7. The quantitative estimate of drug-likeness (QED) is 0.670. The highest BCUT2D eigenvalue weighted by Crippen LogP contribution is 2.27. The summed E-state index contributed by atoms with van der Waals surface area (Å²) in [6, 6.07) is 8.98. The van der Waals surface area contributed by atoms with Gasteiger partial charge in [-0.05, 0) is 37.4 Å². The van der Waals surface area contributed by atoms with Crippen molar-refractivity contribution in [2.45, 2.75) is 38.4 Å². The van der Waals surface area contributed by atoms with Gasteiger partial charge >= 0.3 is 5.97 Å². The Labute approximate surface area is 138 Å². The zero-order valence-electron chi connectivity index (χ0n) is 14.2. The molecule has 0 amide bonds. The number of hydrogen-bond donors (Lipinski definition) is 1. The summed E-state index contributed by atoms with van der Waals surface area (Å²) < 4.78 is 5.62. The molecule has 0 bridgehead atoms. The molecule has 0 aromatic heterocycles. The highest BCUT2D eigenvalue weighted by molar-refractivity contribution is 5.83. The summed E-state index contributed by atoms with van der Waals surface area (Å²) in [4.78, 5) is 14.9. The van der Waals surface area contributed by atoms with Gasteiger partial charge in [0.05, 0.1) is 0 Å². The van der Waals surface area contributed by atoms with Gasteiger partial charge in [0.15, 0.2) is 0 Å². The van der Waals surface area contributed by atoms with E-state index in [-0.39, 0.29) is 12.0 Å². The highest BCUT2D eigenvalue weighted by atomic mass is 16.6. The normalized spacial score (nSPS) is 19.9. The summed E-state index contributed by atoms with van der Waals surface area (Å²) in [5.74, 6) is -0.350. The SMILES string of the molecule is CC(C)/C=C/C(O)(C(=O)OC1CCN(C)CC1)c1ccccc1. The number of benzene rings is 1. The van der Waals surface area contributed by atoms with Crippen LogP contribution < -0.4 is 0 Å². The Morgan fingerprint density at radius 2 is 1.91 bits per heavy atom. The number of likely N-dealkylation sites (tertiary alicyclic amines) is 1. The second-order valence-corrected chi connectivity index (χ2v) is 6.64. The average Bonchev–Trinajstić information content (AvgIpc) is 2.55. The molecule has 0 spiro atoms. The first-order chi connectivity index (χ1) is 10.9. The zero-order chi connectivity index (χ0) is 16.9. The van der Waals surface area contributed by atoms with Crippen LogP contribution in [0.3, 0.4) is 0 Å². The van der Waals surface area contributed by atoms with Gasteiger partial charge in [0.1, 0.15) is 6.10 Å². The van der Waals surface area contributed by atoms with Gasteiger partial charge in [-0.1, -0.05) is 50.3 Å². The van der Waals surface area contributed by atoms with Crippen molar-refractivity contribution in [2.75, 3.05) is 20.1 Å². The van der Waals surface area contributed by atoms with Crippen LogP contribution in [-0.4, -0.2) is 42.2 Å². The van der Waals surface area contributed by atoms with Crippen molar-refractivity contribution in [2.24, 2.45) is 5.92 Å². The van der Waals surface area contributed by atoms with Gasteiger partial charge < -0.3 is 14.7 Å². The first kappa shape index (κ1) is 17.7.